The van der Waals surface area contributed by atoms with Crippen LogP contribution in [0, 0.1) is 13.8 Å². The molecule has 2 heterocycles. The van der Waals surface area contributed by atoms with Gasteiger partial charge in [-0.25, -0.2) is 4.68 Å². The number of nitrogens with zero attached hydrogens (tertiary/aromatic N) is 3. The highest BCUT2D eigenvalue weighted by Crippen LogP contribution is 2.26. The molecule has 2 aromatic heterocycles. The maximum absolute atomic E-state index is 13.1. The van der Waals surface area contributed by atoms with Crippen molar-refractivity contribution in [3.05, 3.63) is 95.4 Å². The Kier molecular flexibility index (Phi) is 5.80. The summed E-state index contributed by atoms with van der Waals surface area (Å²) in [5.74, 6) is 0.542. The van der Waals surface area contributed by atoms with E-state index in [1.807, 2.05) is 68.4 Å². The van der Waals surface area contributed by atoms with Crippen LogP contribution in [-0.2, 0) is 6.54 Å². The maximum atomic E-state index is 13.1. The zero-order chi connectivity index (χ0) is 21.8. The largest absolute Gasteiger partial charge is 0.497 e. The van der Waals surface area contributed by atoms with Crippen molar-refractivity contribution in [2.24, 2.45) is 0 Å². The average Bonchev–Trinajstić information content (AvgIpc) is 3.23. The molecule has 6 nitrogen and oxygen atoms in total. The summed E-state index contributed by atoms with van der Waals surface area (Å²) in [7, 11) is 1.63. The molecule has 0 aliphatic carbocycles. The minimum absolute atomic E-state index is 0.196. The highest BCUT2D eigenvalue weighted by molar-refractivity contribution is 5.94. The van der Waals surface area contributed by atoms with Crippen molar-refractivity contribution < 1.29 is 9.53 Å². The fraction of sp³-hybridized carbons (Fsp3) is 0.160. The Balaban J connectivity index is 1.74. The van der Waals surface area contributed by atoms with E-state index in [-0.39, 0.29) is 5.91 Å². The van der Waals surface area contributed by atoms with Crippen LogP contribution in [0.4, 0.5) is 0 Å². The lowest BCUT2D eigenvalue weighted by Crippen LogP contribution is -2.25. The number of benzene rings is 2. The number of carbonyl (C=O) groups excluding carboxylic acids is 1. The van der Waals surface area contributed by atoms with Gasteiger partial charge < -0.3 is 10.1 Å². The number of aromatic nitrogens is 3. The first-order valence-electron chi connectivity index (χ1n) is 10.0. The lowest BCUT2D eigenvalue weighted by atomic mass is 10.1. The van der Waals surface area contributed by atoms with Gasteiger partial charge in [-0.15, -0.1) is 0 Å². The van der Waals surface area contributed by atoms with E-state index >= 15 is 0 Å². The quantitative estimate of drug-likeness (QED) is 0.507. The minimum Gasteiger partial charge on any atom is -0.497 e. The number of hydrogen-bond acceptors (Lipinski definition) is 4. The normalized spacial score (nSPS) is 10.7. The molecule has 0 fully saturated rings. The van der Waals surface area contributed by atoms with E-state index in [0.29, 0.717) is 17.9 Å². The van der Waals surface area contributed by atoms with Gasteiger partial charge in [-0.1, -0.05) is 29.8 Å². The molecule has 0 saturated heterocycles. The number of aryl methyl sites for hydroxylation is 2. The lowest BCUT2D eigenvalue weighted by molar-refractivity contribution is 0.0943. The Morgan fingerprint density at radius 3 is 2.58 bits per heavy atom. The van der Waals surface area contributed by atoms with Crippen LogP contribution in [0.1, 0.15) is 27.2 Å². The molecular weight excluding hydrogens is 388 g/mol. The molecule has 156 valence electrons. The van der Waals surface area contributed by atoms with Crippen LogP contribution >= 0.6 is 0 Å². The van der Waals surface area contributed by atoms with E-state index in [0.717, 1.165) is 33.7 Å². The van der Waals surface area contributed by atoms with E-state index in [4.69, 9.17) is 9.84 Å². The van der Waals surface area contributed by atoms with Gasteiger partial charge in [0.2, 0.25) is 0 Å². The molecule has 0 spiro atoms. The Morgan fingerprint density at radius 1 is 1.03 bits per heavy atom. The van der Waals surface area contributed by atoms with Crippen molar-refractivity contribution in [3.63, 3.8) is 0 Å². The summed E-state index contributed by atoms with van der Waals surface area (Å²) in [6.07, 6.45) is 3.42. The van der Waals surface area contributed by atoms with Crippen molar-refractivity contribution in [1.82, 2.24) is 20.1 Å². The van der Waals surface area contributed by atoms with Crippen molar-refractivity contribution in [1.29, 1.82) is 0 Å². The molecule has 31 heavy (non-hydrogen) atoms. The number of methoxy groups -OCH3 is 1. The number of amides is 1. The van der Waals surface area contributed by atoms with Gasteiger partial charge in [0.25, 0.3) is 5.91 Å². The lowest BCUT2D eigenvalue weighted by Gasteiger charge is -2.11. The van der Waals surface area contributed by atoms with Gasteiger partial charge in [0, 0.05) is 24.5 Å². The summed E-state index contributed by atoms with van der Waals surface area (Å²) in [6.45, 7) is 4.48. The third-order valence-corrected chi connectivity index (χ3v) is 5.09. The van der Waals surface area contributed by atoms with Crippen molar-refractivity contribution >= 4 is 5.91 Å². The minimum atomic E-state index is -0.196. The summed E-state index contributed by atoms with van der Waals surface area (Å²) < 4.78 is 7.06. The SMILES string of the molecule is COc1cccc(-c2cc(C(=O)NCc3ccncc3)n(-c3ccc(C)cc3C)n2)c1. The molecule has 1 amide bonds. The first kappa shape index (κ1) is 20.3. The van der Waals surface area contributed by atoms with Crippen LogP contribution in [0.15, 0.2) is 73.1 Å². The molecule has 0 radical (unpaired) electrons. The molecule has 0 bridgehead atoms. The van der Waals surface area contributed by atoms with Gasteiger partial charge in [-0.3, -0.25) is 9.78 Å². The Labute approximate surface area is 181 Å². The van der Waals surface area contributed by atoms with Crippen molar-refractivity contribution in [2.75, 3.05) is 7.11 Å². The molecule has 0 aliphatic rings. The number of hydrogen-bond donors (Lipinski definition) is 1. The molecular formula is C25H24N4O2. The molecule has 2 aromatic carbocycles. The Hall–Kier alpha value is -3.93. The fourth-order valence-electron chi connectivity index (χ4n) is 3.47. The molecule has 1 N–H and O–H groups in total. The number of carbonyl (C=O) groups is 1. The molecule has 4 aromatic rings. The zero-order valence-electron chi connectivity index (χ0n) is 17.8. The van der Waals surface area contributed by atoms with E-state index in [1.54, 1.807) is 24.2 Å². The van der Waals surface area contributed by atoms with E-state index in [1.165, 1.54) is 0 Å². The van der Waals surface area contributed by atoms with Gasteiger partial charge in [-0.2, -0.15) is 5.10 Å². The molecule has 0 atom stereocenters. The predicted molar refractivity (Wildman–Crippen MR) is 120 cm³/mol. The van der Waals surface area contributed by atoms with Crippen molar-refractivity contribution in [3.8, 4) is 22.7 Å². The third-order valence-electron chi connectivity index (χ3n) is 5.09. The van der Waals surface area contributed by atoms with Gasteiger partial charge in [-0.05, 0) is 61.4 Å². The Morgan fingerprint density at radius 2 is 1.84 bits per heavy atom. The number of nitrogens with one attached hydrogen (secondary N) is 1. The van der Waals surface area contributed by atoms with E-state index in [2.05, 4.69) is 16.4 Å². The number of ether oxygens (including phenoxy) is 1. The summed E-state index contributed by atoms with van der Waals surface area (Å²) in [5, 5.41) is 7.77. The summed E-state index contributed by atoms with van der Waals surface area (Å²) in [6, 6.07) is 19.3. The van der Waals surface area contributed by atoms with Gasteiger partial charge in [0.15, 0.2) is 0 Å². The predicted octanol–water partition coefficient (Wildman–Crippen LogP) is 4.49. The first-order chi connectivity index (χ1) is 15.0. The standard InChI is InChI=1S/C25H24N4O2/c1-17-7-8-23(18(2)13-17)29-24(25(30)27-16-19-9-11-26-12-10-19)15-22(28-29)20-5-4-6-21(14-20)31-3/h4-15H,16H2,1-3H3,(H,27,30). The van der Waals surface area contributed by atoms with E-state index in [9.17, 15) is 4.79 Å². The van der Waals surface area contributed by atoms with Crippen LogP contribution in [-0.4, -0.2) is 27.8 Å². The molecule has 0 unspecified atom stereocenters. The second kappa shape index (κ2) is 8.83. The first-order valence-corrected chi connectivity index (χ1v) is 10.0. The van der Waals surface area contributed by atoms with Gasteiger partial charge >= 0.3 is 0 Å². The maximum Gasteiger partial charge on any atom is 0.270 e. The smallest absolute Gasteiger partial charge is 0.270 e. The number of pyridine rings is 1. The Bertz CT molecular complexity index is 1220. The molecule has 0 saturated carbocycles. The van der Waals surface area contributed by atoms with Gasteiger partial charge in [0.05, 0.1) is 18.5 Å². The highest BCUT2D eigenvalue weighted by atomic mass is 16.5. The highest BCUT2D eigenvalue weighted by Gasteiger charge is 2.19. The molecule has 4 rings (SSSR count). The van der Waals surface area contributed by atoms with Crippen LogP contribution in [0.3, 0.4) is 0 Å². The van der Waals surface area contributed by atoms with E-state index < -0.39 is 0 Å². The van der Waals surface area contributed by atoms with Crippen LogP contribution < -0.4 is 10.1 Å². The fourth-order valence-corrected chi connectivity index (χ4v) is 3.47. The summed E-state index contributed by atoms with van der Waals surface area (Å²) >= 11 is 0. The monoisotopic (exact) mass is 412 g/mol. The summed E-state index contributed by atoms with van der Waals surface area (Å²) in [5.41, 5.74) is 6.11. The topological polar surface area (TPSA) is 69.0 Å². The van der Waals surface area contributed by atoms with Crippen LogP contribution in [0.25, 0.3) is 16.9 Å². The average molecular weight is 412 g/mol. The second-order valence-corrected chi connectivity index (χ2v) is 7.39. The van der Waals surface area contributed by atoms with Crippen LogP contribution in [0.5, 0.6) is 5.75 Å². The second-order valence-electron chi connectivity index (χ2n) is 7.39. The number of rotatable bonds is 6. The van der Waals surface area contributed by atoms with Gasteiger partial charge in [0.1, 0.15) is 11.4 Å². The van der Waals surface area contributed by atoms with Crippen molar-refractivity contribution in [2.45, 2.75) is 20.4 Å². The molecule has 0 aliphatic heterocycles. The molecule has 6 heteroatoms. The summed E-state index contributed by atoms with van der Waals surface area (Å²) in [4.78, 5) is 17.2. The van der Waals surface area contributed by atoms with Crippen LogP contribution in [0.2, 0.25) is 0 Å². The zero-order valence-corrected chi connectivity index (χ0v) is 17.8. The third kappa shape index (κ3) is 4.48.